The van der Waals surface area contributed by atoms with E-state index in [1.54, 1.807) is 24.3 Å². The van der Waals surface area contributed by atoms with E-state index in [4.69, 9.17) is 14.2 Å². The van der Waals surface area contributed by atoms with Crippen LogP contribution in [0.4, 0.5) is 0 Å². The van der Waals surface area contributed by atoms with Gasteiger partial charge >= 0.3 is 11.9 Å². The van der Waals surface area contributed by atoms with E-state index in [0.717, 1.165) is 54.6 Å². The zero-order valence-corrected chi connectivity index (χ0v) is 20.8. The van der Waals surface area contributed by atoms with Crippen LogP contribution in [0.25, 0.3) is 10.9 Å². The molecule has 2 aromatic carbocycles. The number of H-pyrrole nitrogens is 1. The monoisotopic (exact) mass is 488 g/mol. The highest BCUT2D eigenvalue weighted by Crippen LogP contribution is 2.50. The van der Waals surface area contributed by atoms with Gasteiger partial charge in [0.15, 0.2) is 5.72 Å². The molecule has 0 radical (unpaired) electrons. The molecule has 3 aliphatic rings. The van der Waals surface area contributed by atoms with Crippen LogP contribution >= 0.6 is 0 Å². The maximum absolute atomic E-state index is 13.6. The Labute approximate surface area is 210 Å². The predicted octanol–water partition coefficient (Wildman–Crippen LogP) is 5.07. The van der Waals surface area contributed by atoms with E-state index >= 15 is 0 Å². The number of ether oxygens (including phenoxy) is 3. The van der Waals surface area contributed by atoms with Crippen molar-refractivity contribution >= 4 is 22.8 Å². The van der Waals surface area contributed by atoms with E-state index in [-0.39, 0.29) is 5.72 Å². The number of rotatable bonds is 4. The first-order valence-corrected chi connectivity index (χ1v) is 12.9. The van der Waals surface area contributed by atoms with Crippen LogP contribution in [0, 0.1) is 12.8 Å². The molecule has 0 saturated carbocycles. The fourth-order valence-corrected chi connectivity index (χ4v) is 6.62. The minimum absolute atomic E-state index is 0.230. The van der Waals surface area contributed by atoms with Crippen LogP contribution in [0.2, 0.25) is 0 Å². The van der Waals surface area contributed by atoms with Crippen molar-refractivity contribution < 1.29 is 23.8 Å². The van der Waals surface area contributed by atoms with Crippen LogP contribution in [0.5, 0.6) is 5.75 Å². The first-order chi connectivity index (χ1) is 17.5. The van der Waals surface area contributed by atoms with E-state index in [0.29, 0.717) is 22.7 Å². The average Bonchev–Trinajstić information content (AvgIpc) is 3.25. The molecule has 36 heavy (non-hydrogen) atoms. The number of nitrogens with one attached hydrogen (secondary N) is 1. The molecule has 0 bridgehead atoms. The highest BCUT2D eigenvalue weighted by atomic mass is 16.6. The lowest BCUT2D eigenvalue weighted by molar-refractivity contribution is -0.177. The molecule has 1 spiro atoms. The lowest BCUT2D eigenvalue weighted by atomic mass is 9.74. The van der Waals surface area contributed by atoms with Gasteiger partial charge in [0.1, 0.15) is 5.75 Å². The van der Waals surface area contributed by atoms with E-state index in [1.165, 1.54) is 26.4 Å². The zero-order chi connectivity index (χ0) is 24.9. The number of hydrogen-bond donors (Lipinski definition) is 1. The van der Waals surface area contributed by atoms with Gasteiger partial charge in [-0.2, -0.15) is 0 Å². The minimum atomic E-state index is -1.14. The Hall–Kier alpha value is -3.32. The second kappa shape index (κ2) is 8.96. The number of aromatic amines is 1. The van der Waals surface area contributed by atoms with Gasteiger partial charge < -0.3 is 19.2 Å². The Morgan fingerprint density at radius 3 is 2.72 bits per heavy atom. The summed E-state index contributed by atoms with van der Waals surface area (Å²) in [7, 11) is 1.30. The van der Waals surface area contributed by atoms with Gasteiger partial charge in [-0.1, -0.05) is 30.3 Å². The summed E-state index contributed by atoms with van der Waals surface area (Å²) >= 11 is 0. The summed E-state index contributed by atoms with van der Waals surface area (Å²) in [6.07, 6.45) is 5.46. The molecular formula is C29H32N2O5. The number of piperidine rings is 2. The van der Waals surface area contributed by atoms with Gasteiger partial charge in [-0.3, -0.25) is 4.90 Å². The summed E-state index contributed by atoms with van der Waals surface area (Å²) in [6.45, 7) is 4.04. The number of hydrogen-bond acceptors (Lipinski definition) is 6. The summed E-state index contributed by atoms with van der Waals surface area (Å²) < 4.78 is 17.6. The van der Waals surface area contributed by atoms with E-state index in [2.05, 4.69) is 9.88 Å². The number of esters is 2. The summed E-state index contributed by atoms with van der Waals surface area (Å²) in [4.78, 5) is 32.1. The number of aryl methyl sites for hydroxylation is 1. The fourth-order valence-electron chi connectivity index (χ4n) is 6.62. The van der Waals surface area contributed by atoms with Gasteiger partial charge in [0, 0.05) is 53.2 Å². The first-order valence-electron chi connectivity index (χ1n) is 12.9. The smallest absolute Gasteiger partial charge is 0.351 e. The predicted molar refractivity (Wildman–Crippen MR) is 135 cm³/mol. The standard InChI is InChI=1S/C29H32N2O5/c1-18-24(27(32)35-26(28(33)34-2)19-9-4-3-5-10-19)25-21-17-20-11-8-16-31-15-7-6-14-29(20,31)36-23(21)13-12-22(25)30-18/h3-5,9-10,12-13,20,26,30H,6-8,11,14-17H2,1-2H3/t20?,26-,29?/m0/s1. The Morgan fingerprint density at radius 2 is 1.92 bits per heavy atom. The van der Waals surface area contributed by atoms with Crippen LogP contribution in [0.15, 0.2) is 42.5 Å². The molecule has 7 nitrogen and oxygen atoms in total. The number of carbonyl (C=O) groups is 2. The van der Waals surface area contributed by atoms with Crippen LogP contribution in [-0.4, -0.2) is 47.7 Å². The molecule has 3 aliphatic heterocycles. The zero-order valence-electron chi connectivity index (χ0n) is 20.8. The molecule has 1 aromatic heterocycles. The number of fused-ring (bicyclic) bond motifs is 3. The van der Waals surface area contributed by atoms with Gasteiger partial charge in [0.25, 0.3) is 0 Å². The van der Waals surface area contributed by atoms with Crippen LogP contribution in [0.3, 0.4) is 0 Å². The molecule has 7 heteroatoms. The molecule has 3 aromatic rings. The van der Waals surface area contributed by atoms with Crippen molar-refractivity contribution in [2.75, 3.05) is 20.2 Å². The number of nitrogens with zero attached hydrogens (tertiary/aromatic N) is 1. The van der Waals surface area contributed by atoms with Crippen molar-refractivity contribution in [3.63, 3.8) is 0 Å². The maximum atomic E-state index is 13.6. The molecule has 2 saturated heterocycles. The lowest BCUT2D eigenvalue weighted by Gasteiger charge is -2.56. The van der Waals surface area contributed by atoms with Gasteiger partial charge in [0.2, 0.25) is 6.10 Å². The molecule has 188 valence electrons. The molecule has 0 amide bonds. The molecule has 4 heterocycles. The molecular weight excluding hydrogens is 456 g/mol. The van der Waals surface area contributed by atoms with Gasteiger partial charge in [-0.25, -0.2) is 9.59 Å². The normalized spacial score (nSPS) is 24.1. The van der Waals surface area contributed by atoms with Crippen molar-refractivity contribution in [1.29, 1.82) is 0 Å². The van der Waals surface area contributed by atoms with Crippen molar-refractivity contribution in [3.8, 4) is 5.75 Å². The Kier molecular flexibility index (Phi) is 5.75. The third kappa shape index (κ3) is 3.60. The summed E-state index contributed by atoms with van der Waals surface area (Å²) in [5, 5.41) is 0.842. The van der Waals surface area contributed by atoms with Crippen LogP contribution < -0.4 is 4.74 Å². The molecule has 6 rings (SSSR count). The minimum Gasteiger partial charge on any atom is -0.472 e. The SMILES string of the molecule is COC(=O)[C@@H](OC(=O)c1c(C)[nH]c2ccc3c(c12)CC1CCCN2CCCCC12O3)c1ccccc1. The average molecular weight is 489 g/mol. The summed E-state index contributed by atoms with van der Waals surface area (Å²) in [5.74, 6) is 0.0811. The lowest BCUT2D eigenvalue weighted by Crippen LogP contribution is -2.64. The molecule has 3 atom stereocenters. The summed E-state index contributed by atoms with van der Waals surface area (Å²) in [5.41, 5.74) is 3.45. The van der Waals surface area contributed by atoms with Gasteiger partial charge in [0.05, 0.1) is 12.7 Å². The topological polar surface area (TPSA) is 80.9 Å². The number of aromatic nitrogens is 1. The number of carbonyl (C=O) groups excluding carboxylic acids is 2. The van der Waals surface area contributed by atoms with E-state index in [1.807, 2.05) is 25.1 Å². The number of benzene rings is 2. The van der Waals surface area contributed by atoms with Crippen molar-refractivity contribution in [1.82, 2.24) is 9.88 Å². The molecule has 0 aliphatic carbocycles. The van der Waals surface area contributed by atoms with Crippen LogP contribution in [0.1, 0.15) is 65.4 Å². The van der Waals surface area contributed by atoms with Gasteiger partial charge in [-0.05, 0) is 51.2 Å². The molecule has 2 fully saturated rings. The van der Waals surface area contributed by atoms with Gasteiger partial charge in [-0.15, -0.1) is 0 Å². The highest BCUT2D eigenvalue weighted by Gasteiger charge is 2.52. The van der Waals surface area contributed by atoms with Crippen molar-refractivity contribution in [3.05, 3.63) is 64.8 Å². The summed E-state index contributed by atoms with van der Waals surface area (Å²) in [6, 6.07) is 13.0. The maximum Gasteiger partial charge on any atom is 0.351 e. The highest BCUT2D eigenvalue weighted by molar-refractivity contribution is 6.08. The Bertz CT molecular complexity index is 1310. The second-order valence-corrected chi connectivity index (χ2v) is 10.2. The van der Waals surface area contributed by atoms with Crippen molar-refractivity contribution in [2.24, 2.45) is 5.92 Å². The Morgan fingerprint density at radius 1 is 1.11 bits per heavy atom. The largest absolute Gasteiger partial charge is 0.472 e. The quantitative estimate of drug-likeness (QED) is 0.516. The van der Waals surface area contributed by atoms with Crippen LogP contribution in [-0.2, 0) is 20.7 Å². The molecule has 1 N–H and O–H groups in total. The van der Waals surface area contributed by atoms with E-state index < -0.39 is 18.0 Å². The third-order valence-corrected chi connectivity index (χ3v) is 8.27. The van der Waals surface area contributed by atoms with E-state index in [9.17, 15) is 9.59 Å². The fraction of sp³-hybridized carbons (Fsp3) is 0.448. The Balaban J connectivity index is 1.40. The molecule has 2 unspecified atom stereocenters. The number of methoxy groups -OCH3 is 1. The second-order valence-electron chi connectivity index (χ2n) is 10.2. The first kappa shape index (κ1) is 23.1. The van der Waals surface area contributed by atoms with Crippen molar-refractivity contribution in [2.45, 2.75) is 57.3 Å². The third-order valence-electron chi connectivity index (χ3n) is 8.27.